The summed E-state index contributed by atoms with van der Waals surface area (Å²) < 4.78 is 7.16. The van der Waals surface area contributed by atoms with Crippen molar-refractivity contribution >= 4 is 60.8 Å². The fourth-order valence-electron chi connectivity index (χ4n) is 1.52. The van der Waals surface area contributed by atoms with Crippen molar-refractivity contribution in [3.63, 3.8) is 0 Å². The van der Waals surface area contributed by atoms with E-state index in [9.17, 15) is 4.79 Å². The van der Waals surface area contributed by atoms with Gasteiger partial charge < -0.3 is 4.74 Å². The molecule has 2 rings (SSSR count). The summed E-state index contributed by atoms with van der Waals surface area (Å²) in [7, 11) is 0. The highest BCUT2D eigenvalue weighted by Crippen LogP contribution is 2.28. The van der Waals surface area contributed by atoms with Gasteiger partial charge in [-0.05, 0) is 52.3 Å². The molecule has 0 spiro atoms. The Kier molecular flexibility index (Phi) is 5.49. The highest BCUT2D eigenvalue weighted by Gasteiger charge is 2.13. The number of carbonyl (C=O) groups excluding carboxylic acids is 1. The van der Waals surface area contributed by atoms with E-state index >= 15 is 0 Å². The SMILES string of the molecule is O=C(COc1ccc(Br)cc1Br)c1cc(Cl)ccc1Cl. The Hall–Kier alpha value is -0.550. The number of Topliss-reactive ketones (excluding diaryl/α,β-unsaturated/α-hetero) is 1. The minimum absolute atomic E-state index is 0.111. The number of benzene rings is 2. The first-order valence-corrected chi connectivity index (χ1v) is 7.87. The molecular weight excluding hydrogens is 431 g/mol. The lowest BCUT2D eigenvalue weighted by Gasteiger charge is -2.09. The molecule has 0 saturated heterocycles. The zero-order chi connectivity index (χ0) is 14.7. The number of carbonyl (C=O) groups is 1. The van der Waals surface area contributed by atoms with Crippen molar-refractivity contribution in [2.45, 2.75) is 0 Å². The normalized spacial score (nSPS) is 10.4. The van der Waals surface area contributed by atoms with Crippen LogP contribution in [0.2, 0.25) is 10.0 Å². The van der Waals surface area contributed by atoms with Crippen LogP contribution in [0.3, 0.4) is 0 Å². The largest absolute Gasteiger partial charge is 0.484 e. The zero-order valence-electron chi connectivity index (χ0n) is 10.00. The maximum atomic E-state index is 12.1. The molecule has 2 nitrogen and oxygen atoms in total. The van der Waals surface area contributed by atoms with Crippen LogP contribution < -0.4 is 4.74 Å². The predicted molar refractivity (Wildman–Crippen MR) is 88.1 cm³/mol. The molecule has 0 unspecified atom stereocenters. The van der Waals surface area contributed by atoms with Gasteiger partial charge in [-0.2, -0.15) is 0 Å². The number of rotatable bonds is 4. The second kappa shape index (κ2) is 6.94. The van der Waals surface area contributed by atoms with Crippen molar-refractivity contribution < 1.29 is 9.53 Å². The van der Waals surface area contributed by atoms with Crippen molar-refractivity contribution in [3.05, 3.63) is 61.0 Å². The molecule has 6 heteroatoms. The van der Waals surface area contributed by atoms with Crippen LogP contribution >= 0.6 is 55.1 Å². The number of halogens is 4. The number of ether oxygens (including phenoxy) is 1. The van der Waals surface area contributed by atoms with Crippen molar-refractivity contribution in [2.75, 3.05) is 6.61 Å². The maximum absolute atomic E-state index is 12.1. The first kappa shape index (κ1) is 15.8. The van der Waals surface area contributed by atoms with Crippen LogP contribution in [0, 0.1) is 0 Å². The summed E-state index contributed by atoms with van der Waals surface area (Å²) >= 11 is 18.5. The third-order valence-electron chi connectivity index (χ3n) is 2.48. The van der Waals surface area contributed by atoms with Gasteiger partial charge >= 0.3 is 0 Å². The van der Waals surface area contributed by atoms with Gasteiger partial charge in [-0.15, -0.1) is 0 Å². The van der Waals surface area contributed by atoms with E-state index in [-0.39, 0.29) is 12.4 Å². The lowest BCUT2D eigenvalue weighted by atomic mass is 10.1. The third kappa shape index (κ3) is 3.98. The Morgan fingerprint density at radius 1 is 1.10 bits per heavy atom. The average molecular weight is 439 g/mol. The number of ketones is 1. The number of hydrogen-bond acceptors (Lipinski definition) is 2. The summed E-state index contributed by atoms with van der Waals surface area (Å²) in [5, 5.41) is 0.820. The van der Waals surface area contributed by atoms with Gasteiger partial charge in [0.25, 0.3) is 0 Å². The molecule has 104 valence electrons. The molecule has 0 amide bonds. The van der Waals surface area contributed by atoms with Crippen LogP contribution in [-0.4, -0.2) is 12.4 Å². The standard InChI is InChI=1S/C14H8Br2Cl2O2/c15-8-1-4-14(11(16)5-8)20-7-13(19)10-6-9(17)2-3-12(10)18/h1-6H,7H2. The van der Waals surface area contributed by atoms with E-state index in [1.54, 1.807) is 18.2 Å². The third-order valence-corrected chi connectivity index (χ3v) is 4.16. The van der Waals surface area contributed by atoms with E-state index in [1.807, 2.05) is 12.1 Å². The summed E-state index contributed by atoms with van der Waals surface area (Å²) in [4.78, 5) is 12.1. The summed E-state index contributed by atoms with van der Waals surface area (Å²) in [6.45, 7) is -0.111. The van der Waals surface area contributed by atoms with Gasteiger partial charge in [0.1, 0.15) is 5.75 Å². The molecule has 0 atom stereocenters. The summed E-state index contributed by atoms with van der Waals surface area (Å²) in [6.07, 6.45) is 0. The van der Waals surface area contributed by atoms with E-state index in [1.165, 1.54) is 6.07 Å². The molecule has 0 aliphatic carbocycles. The molecule has 0 aliphatic rings. The fraction of sp³-hybridized carbons (Fsp3) is 0.0714. The van der Waals surface area contributed by atoms with Crippen LogP contribution in [0.5, 0.6) is 5.75 Å². The van der Waals surface area contributed by atoms with E-state index in [4.69, 9.17) is 27.9 Å². The Morgan fingerprint density at radius 2 is 1.85 bits per heavy atom. The Labute approximate surface area is 143 Å². The molecule has 0 fully saturated rings. The van der Waals surface area contributed by atoms with Crippen LogP contribution in [0.25, 0.3) is 0 Å². The first-order chi connectivity index (χ1) is 9.47. The highest BCUT2D eigenvalue weighted by atomic mass is 79.9. The monoisotopic (exact) mass is 436 g/mol. The first-order valence-electron chi connectivity index (χ1n) is 5.53. The molecule has 0 aliphatic heterocycles. The minimum Gasteiger partial charge on any atom is -0.484 e. The second-order valence-electron chi connectivity index (χ2n) is 3.91. The Morgan fingerprint density at radius 3 is 2.55 bits per heavy atom. The minimum atomic E-state index is -0.229. The van der Waals surface area contributed by atoms with Crippen LogP contribution in [0.4, 0.5) is 0 Å². The van der Waals surface area contributed by atoms with Gasteiger partial charge in [-0.1, -0.05) is 39.1 Å². The topological polar surface area (TPSA) is 26.3 Å². The molecule has 0 saturated carbocycles. The number of hydrogen-bond donors (Lipinski definition) is 0. The molecule has 0 heterocycles. The van der Waals surface area contributed by atoms with Gasteiger partial charge in [0, 0.05) is 15.1 Å². The lowest BCUT2D eigenvalue weighted by Crippen LogP contribution is -2.12. The van der Waals surface area contributed by atoms with Gasteiger partial charge in [0.05, 0.1) is 9.50 Å². The van der Waals surface area contributed by atoms with Crippen molar-refractivity contribution in [1.82, 2.24) is 0 Å². The second-order valence-corrected chi connectivity index (χ2v) is 6.52. The van der Waals surface area contributed by atoms with Crippen LogP contribution in [0.15, 0.2) is 45.3 Å². The Bertz CT molecular complexity index is 660. The van der Waals surface area contributed by atoms with Gasteiger partial charge in [0.2, 0.25) is 5.78 Å². The van der Waals surface area contributed by atoms with E-state index in [0.29, 0.717) is 21.4 Å². The summed E-state index contributed by atoms with van der Waals surface area (Å²) in [5.74, 6) is 0.354. The van der Waals surface area contributed by atoms with E-state index in [0.717, 1.165) is 8.95 Å². The van der Waals surface area contributed by atoms with E-state index < -0.39 is 0 Å². The Balaban J connectivity index is 2.10. The van der Waals surface area contributed by atoms with Gasteiger partial charge in [-0.25, -0.2) is 0 Å². The van der Waals surface area contributed by atoms with Crippen molar-refractivity contribution in [2.24, 2.45) is 0 Å². The quantitative estimate of drug-likeness (QED) is 0.565. The van der Waals surface area contributed by atoms with Crippen LogP contribution in [-0.2, 0) is 0 Å². The van der Waals surface area contributed by atoms with Crippen molar-refractivity contribution in [1.29, 1.82) is 0 Å². The van der Waals surface area contributed by atoms with E-state index in [2.05, 4.69) is 31.9 Å². The molecule has 0 bridgehead atoms. The average Bonchev–Trinajstić information content (AvgIpc) is 2.40. The fourth-order valence-corrected chi connectivity index (χ4v) is 3.08. The predicted octanol–water partition coefficient (Wildman–Crippen LogP) is 5.78. The van der Waals surface area contributed by atoms with Crippen molar-refractivity contribution in [3.8, 4) is 5.75 Å². The molecular formula is C14H8Br2Cl2O2. The zero-order valence-corrected chi connectivity index (χ0v) is 14.7. The summed E-state index contributed by atoms with van der Waals surface area (Å²) in [6, 6.07) is 10.2. The van der Waals surface area contributed by atoms with Gasteiger partial charge in [-0.3, -0.25) is 4.79 Å². The molecule has 0 aromatic heterocycles. The molecule has 0 N–H and O–H groups in total. The molecule has 2 aromatic rings. The molecule has 20 heavy (non-hydrogen) atoms. The lowest BCUT2D eigenvalue weighted by molar-refractivity contribution is 0.0921. The molecule has 0 radical (unpaired) electrons. The summed E-state index contributed by atoms with van der Waals surface area (Å²) in [5.41, 5.74) is 0.354. The van der Waals surface area contributed by atoms with Gasteiger partial charge in [0.15, 0.2) is 6.61 Å². The highest BCUT2D eigenvalue weighted by molar-refractivity contribution is 9.11. The molecule has 2 aromatic carbocycles. The van der Waals surface area contributed by atoms with Crippen LogP contribution in [0.1, 0.15) is 10.4 Å². The maximum Gasteiger partial charge on any atom is 0.201 e. The smallest absolute Gasteiger partial charge is 0.201 e.